The Labute approximate surface area is 199 Å². The van der Waals surface area contributed by atoms with Crippen LogP contribution in [0.2, 0.25) is 0 Å². The van der Waals surface area contributed by atoms with Gasteiger partial charge in [0.15, 0.2) is 23.2 Å². The zero-order valence-corrected chi connectivity index (χ0v) is 19.5. The highest BCUT2D eigenvalue weighted by molar-refractivity contribution is 5.51. The predicted octanol–water partition coefficient (Wildman–Crippen LogP) is 8.02. The summed E-state index contributed by atoms with van der Waals surface area (Å²) in [6, 6.07) is 5.97. The fourth-order valence-corrected chi connectivity index (χ4v) is 4.48. The van der Waals surface area contributed by atoms with Crippen molar-refractivity contribution in [2.24, 2.45) is 5.92 Å². The SMILES string of the molecule is C=CCCOc1ccc(C2CCC(/C=C/c3ccc(C(O)CCC)c(F)c3F)CC2)c(F)c1F. The van der Waals surface area contributed by atoms with E-state index >= 15 is 0 Å². The summed E-state index contributed by atoms with van der Waals surface area (Å²) in [6.07, 6.45) is 8.41. The van der Waals surface area contributed by atoms with Gasteiger partial charge in [0.2, 0.25) is 5.82 Å². The van der Waals surface area contributed by atoms with E-state index in [9.17, 15) is 22.7 Å². The topological polar surface area (TPSA) is 29.5 Å². The molecule has 0 aromatic heterocycles. The molecular weight excluding hydrogens is 444 g/mol. The van der Waals surface area contributed by atoms with Crippen LogP contribution in [0.1, 0.15) is 80.6 Å². The first-order valence-corrected chi connectivity index (χ1v) is 11.9. The highest BCUT2D eigenvalue weighted by Crippen LogP contribution is 2.39. The molecule has 1 aliphatic carbocycles. The predicted molar refractivity (Wildman–Crippen MR) is 127 cm³/mol. The van der Waals surface area contributed by atoms with E-state index in [2.05, 4.69) is 6.58 Å². The Morgan fingerprint density at radius 2 is 1.74 bits per heavy atom. The van der Waals surface area contributed by atoms with Crippen LogP contribution in [-0.4, -0.2) is 11.7 Å². The second-order valence-corrected chi connectivity index (χ2v) is 8.85. The molecule has 0 radical (unpaired) electrons. The van der Waals surface area contributed by atoms with Crippen molar-refractivity contribution < 1.29 is 27.4 Å². The molecule has 0 aliphatic heterocycles. The first kappa shape index (κ1) is 26.0. The Morgan fingerprint density at radius 3 is 2.41 bits per heavy atom. The van der Waals surface area contributed by atoms with E-state index in [0.717, 1.165) is 12.8 Å². The molecule has 184 valence electrons. The lowest BCUT2D eigenvalue weighted by Gasteiger charge is -2.27. The van der Waals surface area contributed by atoms with Crippen LogP contribution in [0, 0.1) is 29.2 Å². The molecule has 0 bridgehead atoms. The lowest BCUT2D eigenvalue weighted by molar-refractivity contribution is 0.160. The summed E-state index contributed by atoms with van der Waals surface area (Å²) < 4.78 is 63.2. The first-order valence-electron chi connectivity index (χ1n) is 11.9. The molecule has 1 fully saturated rings. The second kappa shape index (κ2) is 12.2. The number of aliphatic hydroxyl groups excluding tert-OH is 1. The summed E-state index contributed by atoms with van der Waals surface area (Å²) in [5, 5.41) is 9.98. The summed E-state index contributed by atoms with van der Waals surface area (Å²) in [5.41, 5.74) is 0.459. The number of rotatable bonds is 10. The van der Waals surface area contributed by atoms with Crippen molar-refractivity contribution in [3.05, 3.63) is 83.0 Å². The molecule has 0 spiro atoms. The lowest BCUT2D eigenvalue weighted by atomic mass is 9.78. The van der Waals surface area contributed by atoms with Crippen molar-refractivity contribution in [2.75, 3.05) is 6.61 Å². The number of halogens is 4. The van der Waals surface area contributed by atoms with Gasteiger partial charge in [0.1, 0.15) is 0 Å². The minimum atomic E-state index is -1.02. The van der Waals surface area contributed by atoms with Gasteiger partial charge in [-0.3, -0.25) is 0 Å². The van der Waals surface area contributed by atoms with Crippen molar-refractivity contribution in [1.82, 2.24) is 0 Å². The smallest absolute Gasteiger partial charge is 0.200 e. The zero-order valence-electron chi connectivity index (χ0n) is 19.5. The molecule has 0 saturated heterocycles. The summed E-state index contributed by atoms with van der Waals surface area (Å²) >= 11 is 0. The van der Waals surface area contributed by atoms with Gasteiger partial charge in [-0.25, -0.2) is 13.2 Å². The van der Waals surface area contributed by atoms with E-state index in [-0.39, 0.29) is 35.3 Å². The van der Waals surface area contributed by atoms with E-state index in [4.69, 9.17) is 4.74 Å². The Bertz CT molecular complexity index is 1010. The number of allylic oxidation sites excluding steroid dienone is 1. The summed E-state index contributed by atoms with van der Waals surface area (Å²) in [6.45, 7) is 5.67. The first-order chi connectivity index (χ1) is 16.4. The molecule has 1 saturated carbocycles. The van der Waals surface area contributed by atoms with Gasteiger partial charge in [-0.15, -0.1) is 6.58 Å². The molecular formula is C28H32F4O2. The molecule has 2 aromatic carbocycles. The van der Waals surface area contributed by atoms with Crippen LogP contribution in [0.4, 0.5) is 17.6 Å². The molecule has 6 heteroatoms. The Morgan fingerprint density at radius 1 is 1.00 bits per heavy atom. The summed E-state index contributed by atoms with van der Waals surface area (Å²) in [7, 11) is 0. The Balaban J connectivity index is 1.62. The molecule has 34 heavy (non-hydrogen) atoms. The Kier molecular flexibility index (Phi) is 9.34. The molecule has 1 aliphatic rings. The fourth-order valence-electron chi connectivity index (χ4n) is 4.48. The largest absolute Gasteiger partial charge is 0.490 e. The molecule has 3 rings (SSSR count). The minimum absolute atomic E-state index is 0.0246. The minimum Gasteiger partial charge on any atom is -0.490 e. The second-order valence-electron chi connectivity index (χ2n) is 8.85. The molecule has 0 heterocycles. The third-order valence-electron chi connectivity index (χ3n) is 6.48. The van der Waals surface area contributed by atoms with Gasteiger partial charge >= 0.3 is 0 Å². The number of hydrogen-bond acceptors (Lipinski definition) is 2. The number of ether oxygens (including phenoxy) is 1. The highest BCUT2D eigenvalue weighted by atomic mass is 19.2. The molecule has 1 unspecified atom stereocenters. The average molecular weight is 477 g/mol. The van der Waals surface area contributed by atoms with Gasteiger partial charge in [0.25, 0.3) is 0 Å². The molecule has 2 nitrogen and oxygen atoms in total. The van der Waals surface area contributed by atoms with E-state index in [0.29, 0.717) is 37.7 Å². The zero-order chi connectivity index (χ0) is 24.7. The van der Waals surface area contributed by atoms with E-state index < -0.39 is 29.4 Å². The number of aliphatic hydroxyl groups is 1. The van der Waals surface area contributed by atoms with Crippen LogP contribution in [0.25, 0.3) is 6.08 Å². The normalized spacial score (nSPS) is 19.4. The van der Waals surface area contributed by atoms with Crippen molar-refractivity contribution in [3.8, 4) is 5.75 Å². The van der Waals surface area contributed by atoms with Crippen molar-refractivity contribution in [1.29, 1.82) is 0 Å². The third kappa shape index (κ3) is 6.09. The lowest BCUT2D eigenvalue weighted by Crippen LogP contribution is -2.14. The Hall–Kier alpha value is -2.60. The molecule has 0 amide bonds. The molecule has 2 aromatic rings. The van der Waals surface area contributed by atoms with Crippen LogP contribution >= 0.6 is 0 Å². The molecule has 1 atom stereocenters. The van der Waals surface area contributed by atoms with Gasteiger partial charge in [-0.2, -0.15) is 4.39 Å². The summed E-state index contributed by atoms with van der Waals surface area (Å²) in [5.74, 6) is -3.87. The van der Waals surface area contributed by atoms with Crippen molar-refractivity contribution >= 4 is 6.08 Å². The van der Waals surface area contributed by atoms with E-state index in [1.54, 1.807) is 18.2 Å². The monoisotopic (exact) mass is 476 g/mol. The highest BCUT2D eigenvalue weighted by Gasteiger charge is 2.26. The van der Waals surface area contributed by atoms with E-state index in [1.807, 2.05) is 13.0 Å². The number of hydrogen-bond donors (Lipinski definition) is 1. The van der Waals surface area contributed by atoms with Crippen LogP contribution in [0.3, 0.4) is 0 Å². The van der Waals surface area contributed by atoms with Crippen molar-refractivity contribution in [3.63, 3.8) is 0 Å². The van der Waals surface area contributed by atoms with Gasteiger partial charge in [-0.05, 0) is 62.0 Å². The maximum Gasteiger partial charge on any atom is 0.200 e. The maximum atomic E-state index is 14.7. The van der Waals surface area contributed by atoms with Crippen LogP contribution < -0.4 is 4.74 Å². The fraction of sp³-hybridized carbons (Fsp3) is 0.429. The maximum absolute atomic E-state index is 14.7. The third-order valence-corrected chi connectivity index (χ3v) is 6.48. The number of benzene rings is 2. The van der Waals surface area contributed by atoms with Gasteiger partial charge < -0.3 is 9.84 Å². The van der Waals surface area contributed by atoms with Crippen LogP contribution in [-0.2, 0) is 0 Å². The molecule has 1 N–H and O–H groups in total. The van der Waals surface area contributed by atoms with E-state index in [1.165, 1.54) is 18.2 Å². The van der Waals surface area contributed by atoms with Crippen molar-refractivity contribution in [2.45, 2.75) is 63.9 Å². The quantitative estimate of drug-likeness (QED) is 0.214. The van der Waals surface area contributed by atoms with Crippen LogP contribution in [0.15, 0.2) is 43.0 Å². The standard InChI is InChI=1S/C28H32F4O2/c1-3-5-17-34-24-16-15-21(26(30)28(24)32)19-10-7-18(8-11-19)9-12-20-13-14-22(23(33)6-4-2)27(31)25(20)29/h3,9,12-16,18-19,23,33H,1,4-8,10-11,17H2,2H3/b12-9+. The van der Waals surface area contributed by atoms with Crippen LogP contribution in [0.5, 0.6) is 5.75 Å². The summed E-state index contributed by atoms with van der Waals surface area (Å²) in [4.78, 5) is 0. The van der Waals surface area contributed by atoms with Gasteiger partial charge in [-0.1, -0.05) is 49.8 Å². The van der Waals surface area contributed by atoms with Gasteiger partial charge in [0, 0.05) is 11.1 Å². The average Bonchev–Trinajstić information content (AvgIpc) is 2.83. The van der Waals surface area contributed by atoms with Gasteiger partial charge in [0.05, 0.1) is 12.7 Å².